The van der Waals surface area contributed by atoms with Gasteiger partial charge in [-0.25, -0.2) is 13.2 Å². The minimum Gasteiger partial charge on any atom is -0.450 e. The van der Waals surface area contributed by atoms with Crippen molar-refractivity contribution in [2.75, 3.05) is 37.5 Å². The highest BCUT2D eigenvalue weighted by Crippen LogP contribution is 2.25. The molecule has 0 saturated carbocycles. The van der Waals surface area contributed by atoms with Crippen molar-refractivity contribution in [1.29, 1.82) is 0 Å². The predicted molar refractivity (Wildman–Crippen MR) is 118 cm³/mol. The fourth-order valence-corrected chi connectivity index (χ4v) is 4.47. The van der Waals surface area contributed by atoms with Crippen molar-refractivity contribution in [2.45, 2.75) is 18.7 Å². The van der Waals surface area contributed by atoms with E-state index in [1.807, 2.05) is 6.92 Å². The molecule has 0 spiro atoms. The number of hydrogen-bond acceptors (Lipinski definition) is 5. The van der Waals surface area contributed by atoms with Crippen LogP contribution in [0.2, 0.25) is 5.02 Å². The van der Waals surface area contributed by atoms with Crippen molar-refractivity contribution in [3.8, 4) is 0 Å². The minimum atomic E-state index is -3.77. The Kier molecular flexibility index (Phi) is 7.07. The summed E-state index contributed by atoms with van der Waals surface area (Å²) in [6, 6.07) is 10.9. The number of anilines is 1. The first-order valence-corrected chi connectivity index (χ1v) is 11.7. The number of sulfonamides is 1. The van der Waals surface area contributed by atoms with Gasteiger partial charge in [-0.3, -0.25) is 9.52 Å². The van der Waals surface area contributed by atoms with Gasteiger partial charge >= 0.3 is 6.09 Å². The summed E-state index contributed by atoms with van der Waals surface area (Å²) in [5.74, 6) is -0.276. The molecule has 0 unspecified atom stereocenters. The van der Waals surface area contributed by atoms with E-state index in [2.05, 4.69) is 4.72 Å². The first-order chi connectivity index (χ1) is 14.7. The maximum atomic E-state index is 12.8. The van der Waals surface area contributed by atoms with E-state index in [1.54, 1.807) is 28.9 Å². The Morgan fingerprint density at radius 2 is 1.65 bits per heavy atom. The van der Waals surface area contributed by atoms with Crippen LogP contribution in [0.25, 0.3) is 0 Å². The van der Waals surface area contributed by atoms with E-state index in [4.69, 9.17) is 16.3 Å². The third kappa shape index (κ3) is 5.48. The number of ether oxygens (including phenoxy) is 1. The molecule has 0 atom stereocenters. The van der Waals surface area contributed by atoms with E-state index >= 15 is 0 Å². The first kappa shape index (κ1) is 22.9. The van der Waals surface area contributed by atoms with Crippen LogP contribution in [0.3, 0.4) is 0 Å². The highest BCUT2D eigenvalue weighted by molar-refractivity contribution is 7.92. The molecule has 1 N–H and O–H groups in total. The summed E-state index contributed by atoms with van der Waals surface area (Å²) in [6.45, 7) is 5.37. The van der Waals surface area contributed by atoms with Crippen molar-refractivity contribution in [3.63, 3.8) is 0 Å². The van der Waals surface area contributed by atoms with Gasteiger partial charge in [-0.05, 0) is 44.2 Å². The van der Waals surface area contributed by atoms with E-state index in [0.717, 1.165) is 5.56 Å². The Bertz CT molecular complexity index is 1060. The summed E-state index contributed by atoms with van der Waals surface area (Å²) in [5.41, 5.74) is 1.48. The summed E-state index contributed by atoms with van der Waals surface area (Å²) in [5, 5.41) is 0.141. The normalized spacial score (nSPS) is 14.3. The molecule has 0 aromatic heterocycles. The molecule has 1 fully saturated rings. The van der Waals surface area contributed by atoms with Gasteiger partial charge in [0.05, 0.1) is 27.8 Å². The molecular weight excluding hydrogens is 442 g/mol. The van der Waals surface area contributed by atoms with Crippen LogP contribution in [0.15, 0.2) is 47.4 Å². The summed E-state index contributed by atoms with van der Waals surface area (Å²) in [4.78, 5) is 27.9. The fraction of sp³-hybridized carbons (Fsp3) is 0.333. The van der Waals surface area contributed by atoms with Crippen molar-refractivity contribution < 1.29 is 22.7 Å². The molecule has 2 amide bonds. The van der Waals surface area contributed by atoms with Gasteiger partial charge in [0.25, 0.3) is 15.9 Å². The zero-order valence-corrected chi connectivity index (χ0v) is 18.9. The van der Waals surface area contributed by atoms with Crippen molar-refractivity contribution in [1.82, 2.24) is 9.80 Å². The quantitative estimate of drug-likeness (QED) is 0.730. The number of benzene rings is 2. The van der Waals surface area contributed by atoms with Crippen LogP contribution >= 0.6 is 11.6 Å². The number of aryl methyl sites for hydroxylation is 1. The zero-order chi connectivity index (χ0) is 22.6. The average Bonchev–Trinajstić information content (AvgIpc) is 2.74. The van der Waals surface area contributed by atoms with Gasteiger partial charge in [0.2, 0.25) is 0 Å². The van der Waals surface area contributed by atoms with E-state index in [0.29, 0.717) is 32.8 Å². The Morgan fingerprint density at radius 1 is 1.03 bits per heavy atom. The van der Waals surface area contributed by atoms with Crippen LogP contribution in [0, 0.1) is 6.92 Å². The monoisotopic (exact) mass is 465 g/mol. The molecule has 0 aliphatic carbocycles. The van der Waals surface area contributed by atoms with Gasteiger partial charge < -0.3 is 14.5 Å². The van der Waals surface area contributed by atoms with Crippen LogP contribution in [-0.4, -0.2) is 63.0 Å². The highest BCUT2D eigenvalue weighted by atomic mass is 35.5. The Morgan fingerprint density at radius 3 is 2.23 bits per heavy atom. The number of nitrogens with one attached hydrogen (secondary N) is 1. The van der Waals surface area contributed by atoms with Gasteiger partial charge in [0.1, 0.15) is 0 Å². The number of carbonyl (C=O) groups is 2. The standard InChI is InChI=1S/C21H24ClN3O5S/c1-3-30-21(27)25-12-10-24(11-13-25)20(26)18-9-6-16(14-19(18)22)23-31(28,29)17-7-4-15(2)5-8-17/h4-9,14,23H,3,10-13H2,1-2H3. The molecule has 1 aliphatic rings. The lowest BCUT2D eigenvalue weighted by atomic mass is 10.1. The summed E-state index contributed by atoms with van der Waals surface area (Å²) in [7, 11) is -3.77. The van der Waals surface area contributed by atoms with Crippen LogP contribution in [0.1, 0.15) is 22.8 Å². The predicted octanol–water partition coefficient (Wildman–Crippen LogP) is 3.36. The number of halogens is 1. The molecule has 10 heteroatoms. The molecule has 2 aromatic carbocycles. The summed E-state index contributed by atoms with van der Waals surface area (Å²) in [6.07, 6.45) is -0.391. The highest BCUT2D eigenvalue weighted by Gasteiger charge is 2.26. The molecule has 31 heavy (non-hydrogen) atoms. The third-order valence-electron chi connectivity index (χ3n) is 4.88. The molecule has 8 nitrogen and oxygen atoms in total. The van der Waals surface area contributed by atoms with E-state index in [9.17, 15) is 18.0 Å². The summed E-state index contributed by atoms with van der Waals surface area (Å²) < 4.78 is 32.6. The van der Waals surface area contributed by atoms with Crippen molar-refractivity contribution >= 4 is 39.3 Å². The molecule has 0 bridgehead atoms. The lowest BCUT2D eigenvalue weighted by Crippen LogP contribution is -2.50. The minimum absolute atomic E-state index is 0.133. The third-order valence-corrected chi connectivity index (χ3v) is 6.59. The van der Waals surface area contributed by atoms with E-state index in [1.165, 1.54) is 30.3 Å². The second-order valence-corrected chi connectivity index (χ2v) is 9.18. The van der Waals surface area contributed by atoms with Crippen LogP contribution in [-0.2, 0) is 14.8 Å². The molecule has 2 aromatic rings. The molecule has 1 heterocycles. The second-order valence-electron chi connectivity index (χ2n) is 7.09. The van der Waals surface area contributed by atoms with E-state index < -0.39 is 16.1 Å². The lowest BCUT2D eigenvalue weighted by molar-refractivity contribution is 0.0570. The van der Waals surface area contributed by atoms with Crippen LogP contribution in [0.4, 0.5) is 10.5 Å². The smallest absolute Gasteiger partial charge is 0.409 e. The maximum absolute atomic E-state index is 12.8. The van der Waals surface area contributed by atoms with Crippen LogP contribution < -0.4 is 4.72 Å². The van der Waals surface area contributed by atoms with Gasteiger partial charge in [0.15, 0.2) is 0 Å². The van der Waals surface area contributed by atoms with Gasteiger partial charge in [-0.15, -0.1) is 0 Å². The zero-order valence-electron chi connectivity index (χ0n) is 17.3. The Hall–Kier alpha value is -2.78. The van der Waals surface area contributed by atoms with Crippen LogP contribution in [0.5, 0.6) is 0 Å². The second kappa shape index (κ2) is 9.57. The number of piperazine rings is 1. The van der Waals surface area contributed by atoms with Crippen molar-refractivity contribution in [2.24, 2.45) is 0 Å². The molecule has 1 aliphatic heterocycles. The van der Waals surface area contributed by atoms with Gasteiger partial charge in [-0.1, -0.05) is 29.3 Å². The molecule has 3 rings (SSSR count). The van der Waals surface area contributed by atoms with Gasteiger partial charge in [-0.2, -0.15) is 0 Å². The first-order valence-electron chi connectivity index (χ1n) is 9.81. The Labute approximate surface area is 186 Å². The van der Waals surface area contributed by atoms with E-state index in [-0.39, 0.29) is 27.1 Å². The number of rotatable bonds is 5. The average molecular weight is 466 g/mol. The maximum Gasteiger partial charge on any atom is 0.409 e. The molecule has 1 saturated heterocycles. The summed E-state index contributed by atoms with van der Waals surface area (Å²) >= 11 is 6.29. The lowest BCUT2D eigenvalue weighted by Gasteiger charge is -2.34. The molecule has 166 valence electrons. The molecule has 0 radical (unpaired) electrons. The largest absolute Gasteiger partial charge is 0.450 e. The number of carbonyl (C=O) groups excluding carboxylic acids is 2. The SMILES string of the molecule is CCOC(=O)N1CCN(C(=O)c2ccc(NS(=O)(=O)c3ccc(C)cc3)cc2Cl)CC1. The van der Waals surface area contributed by atoms with Crippen molar-refractivity contribution in [3.05, 3.63) is 58.6 Å². The number of amides is 2. The Balaban J connectivity index is 1.67. The topological polar surface area (TPSA) is 96.0 Å². The number of nitrogens with zero attached hydrogens (tertiary/aromatic N) is 2. The fourth-order valence-electron chi connectivity index (χ4n) is 3.16. The number of hydrogen-bond donors (Lipinski definition) is 1. The van der Waals surface area contributed by atoms with Gasteiger partial charge in [0, 0.05) is 26.2 Å². The molecular formula is C21H24ClN3O5S.